The first kappa shape index (κ1) is 47.8. The third-order valence-electron chi connectivity index (χ3n) is 11.6. The highest BCUT2D eigenvalue weighted by Gasteiger charge is 2.43. The van der Waals surface area contributed by atoms with Gasteiger partial charge in [0.1, 0.15) is 18.1 Å². The van der Waals surface area contributed by atoms with Crippen molar-refractivity contribution >= 4 is 63.2 Å². The van der Waals surface area contributed by atoms with Gasteiger partial charge in [0.2, 0.25) is 17.7 Å². The Bertz CT molecular complexity index is 2270. The second-order valence-corrected chi connectivity index (χ2v) is 17.6. The van der Waals surface area contributed by atoms with Crippen molar-refractivity contribution < 1.29 is 47.6 Å². The number of anilines is 3. The minimum atomic E-state index is -0.890. The fraction of sp³-hybridized carbons (Fsp3) is 0.467. The maximum Gasteiger partial charge on any atom is 0.255 e. The van der Waals surface area contributed by atoms with Gasteiger partial charge in [0.15, 0.2) is 16.7 Å². The van der Waals surface area contributed by atoms with Crippen LogP contribution in [0.15, 0.2) is 66.2 Å². The van der Waals surface area contributed by atoms with Crippen molar-refractivity contribution in [2.24, 2.45) is 11.1 Å². The van der Waals surface area contributed by atoms with Gasteiger partial charge in [-0.2, -0.15) is 0 Å². The van der Waals surface area contributed by atoms with Crippen LogP contribution in [0.2, 0.25) is 5.02 Å². The number of benzene rings is 2. The second kappa shape index (κ2) is 22.9. The molecule has 3 atom stereocenters. The Morgan fingerprint density at radius 2 is 1.82 bits per heavy atom. The fourth-order valence-corrected chi connectivity index (χ4v) is 8.95. The number of aliphatic hydroxyl groups is 1. The van der Waals surface area contributed by atoms with E-state index in [2.05, 4.69) is 26.3 Å². The summed E-state index contributed by atoms with van der Waals surface area (Å²) < 4.78 is 37.7. The molecule has 2 aromatic carbocycles. The number of halogens is 2. The molecule has 2 aromatic heterocycles. The van der Waals surface area contributed by atoms with Gasteiger partial charge in [-0.1, -0.05) is 23.7 Å². The molecule has 2 aliphatic heterocycles. The van der Waals surface area contributed by atoms with Crippen molar-refractivity contribution in [3.63, 3.8) is 0 Å². The van der Waals surface area contributed by atoms with Crippen LogP contribution in [0, 0.1) is 11.2 Å². The van der Waals surface area contributed by atoms with Crippen molar-refractivity contribution in [1.29, 1.82) is 0 Å². The molecule has 17 nitrogen and oxygen atoms in total. The molecule has 0 radical (unpaired) electrons. The van der Waals surface area contributed by atoms with E-state index in [1.807, 2.05) is 23.6 Å². The molecule has 0 spiro atoms. The smallest absolute Gasteiger partial charge is 0.255 e. The predicted octanol–water partition coefficient (Wildman–Crippen LogP) is 4.70. The van der Waals surface area contributed by atoms with E-state index in [4.69, 9.17) is 41.3 Å². The Balaban J connectivity index is 0.775. The summed E-state index contributed by atoms with van der Waals surface area (Å²) in [7, 11) is 0. The van der Waals surface area contributed by atoms with E-state index in [-0.39, 0.29) is 80.2 Å². The highest BCUT2D eigenvalue weighted by Crippen LogP contribution is 2.43. The topological polar surface area (TPSA) is 229 Å². The lowest BCUT2D eigenvalue weighted by molar-refractivity contribution is -0.137. The zero-order valence-corrected chi connectivity index (χ0v) is 37.3. The quantitative estimate of drug-likeness (QED) is 0.0337. The number of aliphatic hydroxyl groups excluding tert-OH is 1. The summed E-state index contributed by atoms with van der Waals surface area (Å²) in [5.41, 5.74) is 8.04. The summed E-state index contributed by atoms with van der Waals surface area (Å²) in [5.74, 6) is -1.20. The number of nitrogens with two attached hydrogens (primary N) is 1. The average Bonchev–Trinajstić information content (AvgIpc) is 3.92. The largest absolute Gasteiger partial charge is 0.487 e. The normalized spacial score (nSPS) is 20.6. The molecule has 3 aliphatic rings. The monoisotopic (exact) mass is 936 g/mol. The van der Waals surface area contributed by atoms with E-state index < -0.39 is 35.5 Å². The number of ether oxygens (including phenoxy) is 4. The molecule has 1 saturated heterocycles. The molecule has 4 amide bonds. The Kier molecular flexibility index (Phi) is 16.8. The molecule has 20 heteroatoms. The SMILES string of the molecule is NC(COCCOCCNC(O)C1(Cc2cccc(Nc3nccs3)n2)CCC(Oc2cccc(Cl)c2F)CC1)COCCC(=O)Nc1ccc2c(c1)CN(C1CCC(=O)NC1=O)C2=O. The molecule has 3 unspecified atom stereocenters. The maximum atomic E-state index is 14.6. The third kappa shape index (κ3) is 13.0. The van der Waals surface area contributed by atoms with Gasteiger partial charge in [-0.3, -0.25) is 29.8 Å². The van der Waals surface area contributed by atoms with Gasteiger partial charge in [-0.15, -0.1) is 11.3 Å². The zero-order valence-electron chi connectivity index (χ0n) is 35.8. The highest BCUT2D eigenvalue weighted by atomic mass is 35.5. The van der Waals surface area contributed by atoms with E-state index in [0.717, 1.165) is 10.8 Å². The minimum absolute atomic E-state index is 0.00388. The van der Waals surface area contributed by atoms with E-state index in [1.165, 1.54) is 22.3 Å². The van der Waals surface area contributed by atoms with E-state index in [0.29, 0.717) is 81.1 Å². The number of imide groups is 1. The lowest BCUT2D eigenvalue weighted by Gasteiger charge is -2.43. The number of nitrogens with one attached hydrogen (secondary N) is 4. The Morgan fingerprint density at radius 3 is 2.60 bits per heavy atom. The van der Waals surface area contributed by atoms with Gasteiger partial charge in [-0.25, -0.2) is 14.4 Å². The summed E-state index contributed by atoms with van der Waals surface area (Å²) in [6, 6.07) is 14.3. The molecular weight excluding hydrogens is 883 g/mol. The summed E-state index contributed by atoms with van der Waals surface area (Å²) in [6.45, 7) is 2.07. The number of nitrogens with zero attached hydrogens (tertiary/aromatic N) is 3. The molecule has 4 aromatic rings. The Hall–Kier alpha value is -5.12. The van der Waals surface area contributed by atoms with Crippen molar-refractivity contribution in [3.05, 3.63) is 93.8 Å². The molecule has 348 valence electrons. The molecule has 4 heterocycles. The first-order valence-electron chi connectivity index (χ1n) is 21.7. The number of amides is 4. The minimum Gasteiger partial charge on any atom is -0.487 e. The number of hydrogen-bond acceptors (Lipinski definition) is 15. The van der Waals surface area contributed by atoms with Gasteiger partial charge < -0.3 is 45.3 Å². The number of fused-ring (bicyclic) bond motifs is 1. The van der Waals surface area contributed by atoms with E-state index in [9.17, 15) is 28.7 Å². The number of carbonyl (C=O) groups is 4. The van der Waals surface area contributed by atoms with Crippen LogP contribution in [0.5, 0.6) is 5.75 Å². The molecule has 1 saturated carbocycles. The number of rotatable bonds is 23. The van der Waals surface area contributed by atoms with Crippen LogP contribution in [-0.2, 0) is 41.6 Å². The highest BCUT2D eigenvalue weighted by molar-refractivity contribution is 7.13. The molecule has 2 fully saturated rings. The lowest BCUT2D eigenvalue weighted by atomic mass is 9.68. The second-order valence-electron chi connectivity index (χ2n) is 16.3. The van der Waals surface area contributed by atoms with Crippen LogP contribution in [0.25, 0.3) is 0 Å². The van der Waals surface area contributed by atoms with Gasteiger partial charge in [0, 0.05) is 53.4 Å². The van der Waals surface area contributed by atoms with Crippen LogP contribution >= 0.6 is 22.9 Å². The number of carbonyl (C=O) groups excluding carboxylic acids is 4. The maximum absolute atomic E-state index is 14.6. The summed E-state index contributed by atoms with van der Waals surface area (Å²) >= 11 is 7.46. The first-order chi connectivity index (χ1) is 31.5. The van der Waals surface area contributed by atoms with Gasteiger partial charge >= 0.3 is 0 Å². The standard InChI is InChI=1S/C45H54ClFN8O9S/c46-34-4-2-5-36(40(34)47)64-32-11-14-45(15-12-32,24-31-3-1-6-37(51-31)53-44-50-17-22-65-44)43(60)49-16-19-61-20-21-63-27-29(48)26-62-18-13-39(57)52-30-7-8-33-28(23-30)25-55(42(33)59)35-9-10-38(56)54-41(35)58/h1-8,17,22-23,29,32,35,43,49,60H,9-16,18-21,24-27,48H2,(H,52,57)(H,50,51,53)(H,54,56,58). The summed E-state index contributed by atoms with van der Waals surface area (Å²) in [6.07, 6.45) is 3.99. The summed E-state index contributed by atoms with van der Waals surface area (Å²) in [4.78, 5) is 60.0. The molecule has 1 aliphatic carbocycles. The fourth-order valence-electron chi connectivity index (χ4n) is 8.25. The molecule has 65 heavy (non-hydrogen) atoms. The first-order valence-corrected chi connectivity index (χ1v) is 22.9. The number of piperidine rings is 1. The van der Waals surface area contributed by atoms with Crippen LogP contribution in [0.3, 0.4) is 0 Å². The van der Waals surface area contributed by atoms with Crippen LogP contribution < -0.4 is 31.7 Å². The van der Waals surface area contributed by atoms with Gasteiger partial charge in [0.05, 0.1) is 63.2 Å². The van der Waals surface area contributed by atoms with Gasteiger partial charge in [-0.05, 0) is 86.6 Å². The molecule has 7 N–H and O–H groups in total. The molecule has 7 rings (SSSR count). The zero-order chi connectivity index (χ0) is 45.8. The van der Waals surface area contributed by atoms with Crippen molar-refractivity contribution in [1.82, 2.24) is 25.5 Å². The van der Waals surface area contributed by atoms with Crippen LogP contribution in [-0.4, -0.2) is 114 Å². The number of pyridine rings is 1. The van der Waals surface area contributed by atoms with E-state index >= 15 is 0 Å². The Labute approximate surface area is 384 Å². The number of hydrogen-bond donors (Lipinski definition) is 6. The van der Waals surface area contributed by atoms with Crippen LogP contribution in [0.1, 0.15) is 66.6 Å². The van der Waals surface area contributed by atoms with Gasteiger partial charge in [0.25, 0.3) is 5.91 Å². The van der Waals surface area contributed by atoms with Crippen molar-refractivity contribution in [2.45, 2.75) is 82.3 Å². The molecule has 0 bridgehead atoms. The van der Waals surface area contributed by atoms with E-state index in [1.54, 1.807) is 36.5 Å². The Morgan fingerprint density at radius 1 is 1.03 bits per heavy atom. The molecular formula is C45H54ClFN8O9S. The van der Waals surface area contributed by atoms with Crippen molar-refractivity contribution in [2.75, 3.05) is 56.8 Å². The van der Waals surface area contributed by atoms with Crippen LogP contribution in [0.4, 0.5) is 21.0 Å². The third-order valence-corrected chi connectivity index (χ3v) is 12.6. The number of aromatic nitrogens is 2. The number of thiazole rings is 1. The van der Waals surface area contributed by atoms with Crippen molar-refractivity contribution in [3.8, 4) is 5.75 Å². The predicted molar refractivity (Wildman–Crippen MR) is 240 cm³/mol. The average molecular weight is 937 g/mol. The lowest BCUT2D eigenvalue weighted by Crippen LogP contribution is -2.52. The summed E-state index contributed by atoms with van der Waals surface area (Å²) in [5, 5.41) is 25.9.